The molecular weight excluding hydrogens is 298 g/mol. The average Bonchev–Trinajstić information content (AvgIpc) is 2.74. The number of halogens is 1. The van der Waals surface area contributed by atoms with E-state index in [0.717, 1.165) is 19.9 Å². The molecule has 0 spiro atoms. The standard InChI is InChI=1S/C13H12BrNOS/c1-9-4-3-5-10(8-9)15(2)13(16)11-6-7-12(14)17-11/h3-8H,1-2H3. The molecule has 0 aliphatic heterocycles. The summed E-state index contributed by atoms with van der Waals surface area (Å²) in [6.45, 7) is 2.02. The summed E-state index contributed by atoms with van der Waals surface area (Å²) in [5.74, 6) is 0.0197. The van der Waals surface area contributed by atoms with Gasteiger partial charge in [0.1, 0.15) is 0 Å². The smallest absolute Gasteiger partial charge is 0.268 e. The van der Waals surface area contributed by atoms with Gasteiger partial charge >= 0.3 is 0 Å². The first kappa shape index (κ1) is 12.3. The first-order valence-corrected chi connectivity index (χ1v) is 6.79. The lowest BCUT2D eigenvalue weighted by Crippen LogP contribution is -2.25. The van der Waals surface area contributed by atoms with Crippen molar-refractivity contribution in [1.82, 2.24) is 0 Å². The molecule has 0 radical (unpaired) electrons. The molecule has 0 fully saturated rings. The third-order valence-electron chi connectivity index (χ3n) is 2.48. The molecule has 1 aromatic heterocycles. The number of carbonyl (C=O) groups is 1. The molecule has 0 aliphatic carbocycles. The molecule has 1 amide bonds. The molecule has 0 unspecified atom stereocenters. The number of nitrogens with zero attached hydrogens (tertiary/aromatic N) is 1. The van der Waals surface area contributed by atoms with E-state index in [1.165, 1.54) is 11.3 Å². The zero-order valence-corrected chi connectivity index (χ0v) is 12.0. The van der Waals surface area contributed by atoms with E-state index in [0.29, 0.717) is 0 Å². The topological polar surface area (TPSA) is 20.3 Å². The first-order valence-electron chi connectivity index (χ1n) is 5.18. The molecule has 0 aliphatic rings. The van der Waals surface area contributed by atoms with Gasteiger partial charge in [0.15, 0.2) is 0 Å². The van der Waals surface area contributed by atoms with Crippen LogP contribution in [-0.2, 0) is 0 Å². The van der Waals surface area contributed by atoms with Gasteiger partial charge in [0.05, 0.1) is 8.66 Å². The van der Waals surface area contributed by atoms with Crippen molar-refractivity contribution in [2.45, 2.75) is 6.92 Å². The largest absolute Gasteiger partial charge is 0.311 e. The highest BCUT2D eigenvalue weighted by atomic mass is 79.9. The second kappa shape index (κ2) is 5.02. The summed E-state index contributed by atoms with van der Waals surface area (Å²) in [5, 5.41) is 0. The zero-order chi connectivity index (χ0) is 12.4. The Bertz CT molecular complexity index is 550. The number of thiophene rings is 1. The van der Waals surface area contributed by atoms with Gasteiger partial charge in [-0.3, -0.25) is 4.79 Å². The van der Waals surface area contributed by atoms with Crippen molar-refractivity contribution in [2.24, 2.45) is 0 Å². The summed E-state index contributed by atoms with van der Waals surface area (Å²) in [6, 6.07) is 11.6. The average molecular weight is 310 g/mol. The maximum Gasteiger partial charge on any atom is 0.268 e. The number of rotatable bonds is 2. The summed E-state index contributed by atoms with van der Waals surface area (Å²) in [7, 11) is 1.80. The normalized spacial score (nSPS) is 10.3. The Morgan fingerprint density at radius 1 is 1.29 bits per heavy atom. The lowest BCUT2D eigenvalue weighted by molar-refractivity contribution is 0.0997. The van der Waals surface area contributed by atoms with Crippen LogP contribution in [0.4, 0.5) is 5.69 Å². The number of carbonyl (C=O) groups excluding carboxylic acids is 1. The molecule has 2 nitrogen and oxygen atoms in total. The predicted octanol–water partition coefficient (Wildman–Crippen LogP) is 4.10. The number of aryl methyl sites for hydroxylation is 1. The minimum atomic E-state index is 0.0197. The lowest BCUT2D eigenvalue weighted by atomic mass is 10.2. The van der Waals surface area contributed by atoms with Gasteiger partial charge in [-0.05, 0) is 52.7 Å². The van der Waals surface area contributed by atoms with Gasteiger partial charge in [0.2, 0.25) is 0 Å². The summed E-state index contributed by atoms with van der Waals surface area (Å²) in [5.41, 5.74) is 2.06. The molecule has 2 aromatic rings. The van der Waals surface area contributed by atoms with Gasteiger partial charge in [-0.15, -0.1) is 11.3 Å². The van der Waals surface area contributed by atoms with Crippen LogP contribution in [0.5, 0.6) is 0 Å². The van der Waals surface area contributed by atoms with Gasteiger partial charge in [0.25, 0.3) is 5.91 Å². The highest BCUT2D eigenvalue weighted by molar-refractivity contribution is 9.11. The molecule has 0 saturated carbocycles. The van der Waals surface area contributed by atoms with E-state index in [-0.39, 0.29) is 5.91 Å². The number of benzene rings is 1. The van der Waals surface area contributed by atoms with Crippen LogP contribution in [0.3, 0.4) is 0 Å². The van der Waals surface area contributed by atoms with Crippen LogP contribution < -0.4 is 4.90 Å². The quantitative estimate of drug-likeness (QED) is 0.818. The highest BCUT2D eigenvalue weighted by Gasteiger charge is 2.15. The number of hydrogen-bond acceptors (Lipinski definition) is 2. The minimum Gasteiger partial charge on any atom is -0.311 e. The molecule has 88 valence electrons. The Hall–Kier alpha value is -1.13. The Morgan fingerprint density at radius 3 is 2.65 bits per heavy atom. The zero-order valence-electron chi connectivity index (χ0n) is 9.61. The van der Waals surface area contributed by atoms with Crippen LogP contribution in [0.15, 0.2) is 40.2 Å². The van der Waals surface area contributed by atoms with Crippen LogP contribution >= 0.6 is 27.3 Å². The van der Waals surface area contributed by atoms with Crippen molar-refractivity contribution in [3.8, 4) is 0 Å². The van der Waals surface area contributed by atoms with Crippen molar-refractivity contribution in [3.63, 3.8) is 0 Å². The molecule has 1 heterocycles. The van der Waals surface area contributed by atoms with Crippen LogP contribution in [0, 0.1) is 6.92 Å². The molecule has 0 saturated heterocycles. The summed E-state index contributed by atoms with van der Waals surface area (Å²) < 4.78 is 0.971. The molecule has 0 bridgehead atoms. The molecule has 2 rings (SSSR count). The van der Waals surface area contributed by atoms with Crippen molar-refractivity contribution < 1.29 is 4.79 Å². The van der Waals surface area contributed by atoms with Crippen molar-refractivity contribution >= 4 is 38.9 Å². The lowest BCUT2D eigenvalue weighted by Gasteiger charge is -2.16. The predicted molar refractivity (Wildman–Crippen MR) is 75.9 cm³/mol. The fraction of sp³-hybridized carbons (Fsp3) is 0.154. The number of amides is 1. The number of anilines is 1. The monoisotopic (exact) mass is 309 g/mol. The molecule has 0 atom stereocenters. The molecule has 1 aromatic carbocycles. The van der Waals surface area contributed by atoms with E-state index >= 15 is 0 Å². The van der Waals surface area contributed by atoms with Gasteiger partial charge < -0.3 is 4.90 Å². The second-order valence-corrected chi connectivity index (χ2v) is 6.27. The fourth-order valence-corrected chi connectivity index (χ4v) is 2.91. The maximum atomic E-state index is 12.2. The maximum absolute atomic E-state index is 12.2. The van der Waals surface area contributed by atoms with Gasteiger partial charge in [-0.25, -0.2) is 0 Å². The van der Waals surface area contributed by atoms with E-state index in [9.17, 15) is 4.79 Å². The SMILES string of the molecule is Cc1cccc(N(C)C(=O)c2ccc(Br)s2)c1. The summed E-state index contributed by atoms with van der Waals surface area (Å²) >= 11 is 4.81. The molecular formula is C13H12BrNOS. The highest BCUT2D eigenvalue weighted by Crippen LogP contribution is 2.25. The van der Waals surface area contributed by atoms with Crippen molar-refractivity contribution in [2.75, 3.05) is 11.9 Å². The van der Waals surface area contributed by atoms with Crippen LogP contribution in [0.2, 0.25) is 0 Å². The van der Waals surface area contributed by atoms with Gasteiger partial charge in [-0.1, -0.05) is 12.1 Å². The summed E-state index contributed by atoms with van der Waals surface area (Å²) in [4.78, 5) is 14.6. The summed E-state index contributed by atoms with van der Waals surface area (Å²) in [6.07, 6.45) is 0. The van der Waals surface area contributed by atoms with Crippen LogP contribution in [-0.4, -0.2) is 13.0 Å². The Kier molecular flexibility index (Phi) is 3.64. The number of hydrogen-bond donors (Lipinski definition) is 0. The minimum absolute atomic E-state index is 0.0197. The second-order valence-electron chi connectivity index (χ2n) is 3.81. The van der Waals surface area contributed by atoms with Crippen molar-refractivity contribution in [3.05, 3.63) is 50.6 Å². The van der Waals surface area contributed by atoms with Crippen LogP contribution in [0.1, 0.15) is 15.2 Å². The van der Waals surface area contributed by atoms with Gasteiger partial charge in [-0.2, -0.15) is 0 Å². The molecule has 0 N–H and O–H groups in total. The Morgan fingerprint density at radius 2 is 2.06 bits per heavy atom. The molecule has 17 heavy (non-hydrogen) atoms. The van der Waals surface area contributed by atoms with Crippen LogP contribution in [0.25, 0.3) is 0 Å². The Balaban J connectivity index is 2.26. The van der Waals surface area contributed by atoms with E-state index in [4.69, 9.17) is 0 Å². The third kappa shape index (κ3) is 2.76. The molecule has 4 heteroatoms. The first-order chi connectivity index (χ1) is 8.08. The van der Waals surface area contributed by atoms with E-state index in [1.807, 2.05) is 43.3 Å². The van der Waals surface area contributed by atoms with E-state index in [2.05, 4.69) is 15.9 Å². The third-order valence-corrected chi connectivity index (χ3v) is 4.09. The van der Waals surface area contributed by atoms with E-state index < -0.39 is 0 Å². The van der Waals surface area contributed by atoms with E-state index in [1.54, 1.807) is 11.9 Å². The fourth-order valence-electron chi connectivity index (χ4n) is 1.55. The van der Waals surface area contributed by atoms with Gasteiger partial charge in [0, 0.05) is 12.7 Å². The Labute approximate surface area is 113 Å². The van der Waals surface area contributed by atoms with Crippen molar-refractivity contribution in [1.29, 1.82) is 0 Å².